The van der Waals surface area contributed by atoms with Crippen LogP contribution in [-0.2, 0) is 4.74 Å². The van der Waals surface area contributed by atoms with Gasteiger partial charge < -0.3 is 4.74 Å². The molecular weight excluding hydrogens is 242 g/mol. The highest BCUT2D eigenvalue weighted by Gasteiger charge is 2.28. The highest BCUT2D eigenvalue weighted by molar-refractivity contribution is 9.09. The smallest absolute Gasteiger partial charge is 0.0622 e. The molecule has 3 heteroatoms. The summed E-state index contributed by atoms with van der Waals surface area (Å²) in [6.07, 6.45) is 3.94. The van der Waals surface area contributed by atoms with E-state index in [4.69, 9.17) is 4.74 Å². The zero-order valence-corrected chi connectivity index (χ0v) is 10.5. The maximum Gasteiger partial charge on any atom is 0.0622 e. The van der Waals surface area contributed by atoms with E-state index in [9.17, 15) is 0 Å². The molecule has 0 aromatic carbocycles. The van der Waals surface area contributed by atoms with Gasteiger partial charge in [0.2, 0.25) is 0 Å². The molecule has 2 rings (SSSR count). The van der Waals surface area contributed by atoms with Crippen LogP contribution in [0.1, 0.15) is 26.2 Å². The quantitative estimate of drug-likeness (QED) is 0.708. The molecule has 2 atom stereocenters. The molecule has 0 saturated carbocycles. The molecule has 0 aromatic rings. The first-order valence-corrected chi connectivity index (χ1v) is 6.65. The molecule has 2 heterocycles. The number of hydrogen-bond donors (Lipinski definition) is 0. The highest BCUT2D eigenvalue weighted by atomic mass is 79.9. The van der Waals surface area contributed by atoms with Crippen molar-refractivity contribution >= 4 is 15.9 Å². The van der Waals surface area contributed by atoms with Gasteiger partial charge >= 0.3 is 0 Å². The van der Waals surface area contributed by atoms with Gasteiger partial charge in [-0.15, -0.1) is 0 Å². The van der Waals surface area contributed by atoms with E-state index in [0.29, 0.717) is 4.83 Å². The lowest BCUT2D eigenvalue weighted by atomic mass is 9.93. The van der Waals surface area contributed by atoms with Gasteiger partial charge in [-0.1, -0.05) is 22.9 Å². The average molecular weight is 262 g/mol. The molecule has 0 N–H and O–H groups in total. The zero-order chi connectivity index (χ0) is 9.97. The number of rotatable bonds is 2. The summed E-state index contributed by atoms with van der Waals surface area (Å²) in [6.45, 7) is 6.76. The molecule has 0 aliphatic carbocycles. The normalized spacial score (nSPS) is 33.4. The van der Waals surface area contributed by atoms with Crippen molar-refractivity contribution < 1.29 is 4.74 Å². The fraction of sp³-hybridized carbons (Fsp3) is 1.00. The summed E-state index contributed by atoms with van der Waals surface area (Å²) in [5, 5.41) is 0. The molecule has 0 spiro atoms. The minimum atomic E-state index is 0.685. The van der Waals surface area contributed by atoms with Crippen molar-refractivity contribution in [2.45, 2.75) is 37.1 Å². The summed E-state index contributed by atoms with van der Waals surface area (Å²) >= 11 is 3.70. The van der Waals surface area contributed by atoms with Gasteiger partial charge in [-0.25, -0.2) is 0 Å². The number of likely N-dealkylation sites (tertiary alicyclic amines) is 1. The predicted octanol–water partition coefficient (Wildman–Crippen LogP) is 2.27. The second-order valence-corrected chi connectivity index (χ2v) is 6.01. The molecule has 0 aromatic heterocycles. The topological polar surface area (TPSA) is 12.5 Å². The van der Waals surface area contributed by atoms with Gasteiger partial charge in [0.25, 0.3) is 0 Å². The van der Waals surface area contributed by atoms with Gasteiger partial charge in [-0.2, -0.15) is 0 Å². The van der Waals surface area contributed by atoms with Gasteiger partial charge in [0, 0.05) is 17.5 Å². The molecule has 2 aliphatic rings. The van der Waals surface area contributed by atoms with Crippen LogP contribution >= 0.6 is 15.9 Å². The molecule has 82 valence electrons. The Morgan fingerprint density at radius 2 is 2.00 bits per heavy atom. The van der Waals surface area contributed by atoms with Crippen LogP contribution < -0.4 is 0 Å². The van der Waals surface area contributed by atoms with E-state index in [0.717, 1.165) is 25.2 Å². The van der Waals surface area contributed by atoms with E-state index < -0.39 is 0 Å². The highest BCUT2D eigenvalue weighted by Crippen LogP contribution is 2.27. The number of ether oxygens (including phenoxy) is 1. The number of hydrogen-bond acceptors (Lipinski definition) is 2. The van der Waals surface area contributed by atoms with Gasteiger partial charge in [0.05, 0.1) is 6.61 Å². The van der Waals surface area contributed by atoms with E-state index in [1.54, 1.807) is 0 Å². The maximum atomic E-state index is 5.43. The van der Waals surface area contributed by atoms with Crippen LogP contribution in [0.15, 0.2) is 0 Å². The SMILES string of the molecule is CC(Br)C1CCN(C2CCOC2)CC1. The number of piperidine rings is 1. The van der Waals surface area contributed by atoms with Crippen LogP contribution in [0.4, 0.5) is 0 Å². The van der Waals surface area contributed by atoms with Crippen LogP contribution in [-0.4, -0.2) is 42.1 Å². The van der Waals surface area contributed by atoms with E-state index in [1.165, 1.54) is 32.4 Å². The molecule has 2 nitrogen and oxygen atoms in total. The minimum Gasteiger partial charge on any atom is -0.380 e. The van der Waals surface area contributed by atoms with E-state index in [2.05, 4.69) is 27.8 Å². The van der Waals surface area contributed by atoms with E-state index >= 15 is 0 Å². The Kier molecular flexibility index (Phi) is 3.86. The first-order valence-electron chi connectivity index (χ1n) is 5.73. The predicted molar refractivity (Wildman–Crippen MR) is 61.9 cm³/mol. The standard InChI is InChI=1S/C11H20BrNO/c1-9(12)10-2-5-13(6-3-10)11-4-7-14-8-11/h9-11H,2-8H2,1H3. The van der Waals surface area contributed by atoms with E-state index in [1.807, 2.05) is 0 Å². The molecular formula is C11H20BrNO. The van der Waals surface area contributed by atoms with Gasteiger partial charge in [-0.05, 0) is 38.3 Å². The monoisotopic (exact) mass is 261 g/mol. The van der Waals surface area contributed by atoms with Crippen LogP contribution in [0.3, 0.4) is 0 Å². The lowest BCUT2D eigenvalue weighted by Crippen LogP contribution is -2.42. The van der Waals surface area contributed by atoms with Crippen LogP contribution in [0.2, 0.25) is 0 Å². The van der Waals surface area contributed by atoms with Crippen molar-refractivity contribution in [2.24, 2.45) is 5.92 Å². The molecule has 0 radical (unpaired) electrons. The van der Waals surface area contributed by atoms with Crippen LogP contribution in [0.5, 0.6) is 0 Å². The molecule has 0 amide bonds. The minimum absolute atomic E-state index is 0.685. The zero-order valence-electron chi connectivity index (χ0n) is 8.92. The first kappa shape index (κ1) is 10.9. The average Bonchev–Trinajstić information content (AvgIpc) is 2.71. The summed E-state index contributed by atoms with van der Waals surface area (Å²) in [6, 6.07) is 0.724. The van der Waals surface area contributed by atoms with Crippen LogP contribution in [0.25, 0.3) is 0 Å². The lowest BCUT2D eigenvalue weighted by molar-refractivity contribution is 0.110. The summed E-state index contributed by atoms with van der Waals surface area (Å²) in [5.41, 5.74) is 0. The van der Waals surface area contributed by atoms with Gasteiger partial charge in [0.1, 0.15) is 0 Å². The lowest BCUT2D eigenvalue weighted by Gasteiger charge is -2.36. The second kappa shape index (κ2) is 4.95. The van der Waals surface area contributed by atoms with Crippen molar-refractivity contribution in [3.05, 3.63) is 0 Å². The Morgan fingerprint density at radius 3 is 2.50 bits per heavy atom. The molecule has 2 unspecified atom stereocenters. The molecule has 14 heavy (non-hydrogen) atoms. The Morgan fingerprint density at radius 1 is 1.29 bits per heavy atom. The third-order valence-corrected chi connectivity index (χ3v) is 4.39. The Hall–Kier alpha value is 0.400. The fourth-order valence-electron chi connectivity index (χ4n) is 2.55. The van der Waals surface area contributed by atoms with Crippen molar-refractivity contribution in [3.8, 4) is 0 Å². The number of alkyl halides is 1. The Bertz CT molecular complexity index is 172. The summed E-state index contributed by atoms with van der Waals surface area (Å²) in [4.78, 5) is 3.31. The van der Waals surface area contributed by atoms with Crippen molar-refractivity contribution in [2.75, 3.05) is 26.3 Å². The van der Waals surface area contributed by atoms with Crippen molar-refractivity contribution in [3.63, 3.8) is 0 Å². The van der Waals surface area contributed by atoms with Crippen LogP contribution in [0, 0.1) is 5.92 Å². The Balaban J connectivity index is 1.77. The summed E-state index contributed by atoms with van der Waals surface area (Å²) in [5.74, 6) is 0.883. The molecule has 0 bridgehead atoms. The second-order valence-electron chi connectivity index (χ2n) is 4.57. The van der Waals surface area contributed by atoms with Crippen molar-refractivity contribution in [1.82, 2.24) is 4.90 Å². The number of halogens is 1. The third-order valence-electron chi connectivity index (χ3n) is 3.65. The molecule has 2 aliphatic heterocycles. The number of nitrogens with zero attached hydrogens (tertiary/aromatic N) is 1. The molecule has 2 fully saturated rings. The summed E-state index contributed by atoms with van der Waals surface area (Å²) in [7, 11) is 0. The first-order chi connectivity index (χ1) is 6.77. The van der Waals surface area contributed by atoms with Gasteiger partial charge in [0.15, 0.2) is 0 Å². The fourth-order valence-corrected chi connectivity index (χ4v) is 3.08. The summed E-state index contributed by atoms with van der Waals surface area (Å²) < 4.78 is 5.43. The van der Waals surface area contributed by atoms with Gasteiger partial charge in [-0.3, -0.25) is 4.90 Å². The van der Waals surface area contributed by atoms with Crippen molar-refractivity contribution in [1.29, 1.82) is 0 Å². The maximum absolute atomic E-state index is 5.43. The molecule has 2 saturated heterocycles. The third kappa shape index (κ3) is 2.50. The van der Waals surface area contributed by atoms with E-state index in [-0.39, 0.29) is 0 Å². The largest absolute Gasteiger partial charge is 0.380 e. The Labute approximate surface area is 95.1 Å².